The van der Waals surface area contributed by atoms with E-state index in [2.05, 4.69) is 33.9 Å². The summed E-state index contributed by atoms with van der Waals surface area (Å²) in [7, 11) is -0.0490. The van der Waals surface area contributed by atoms with Crippen LogP contribution in [0, 0.1) is 0 Å². The van der Waals surface area contributed by atoms with Crippen molar-refractivity contribution in [2.45, 2.75) is 38.9 Å². The minimum atomic E-state index is -1.70. The first kappa shape index (κ1) is 44.7. The molecule has 0 amide bonds. The van der Waals surface area contributed by atoms with E-state index in [9.17, 15) is 0 Å². The Morgan fingerprint density at radius 1 is 0.311 bits per heavy atom. The largest absolute Gasteiger partial charge is 0.414 e. The summed E-state index contributed by atoms with van der Waals surface area (Å²) in [6.07, 6.45) is 0. The lowest BCUT2D eigenvalue weighted by atomic mass is 10.2. The number of hydrogen-bond donors (Lipinski definition) is 0. The maximum atomic E-state index is 6.08. The highest BCUT2D eigenvalue weighted by Gasteiger charge is 2.36. The lowest BCUT2D eigenvalue weighted by Gasteiger charge is -2.36. The molecule has 0 bridgehead atoms. The molecule has 0 aliphatic carbocycles. The quantitative estimate of drug-likeness (QED) is 0.0711. The Labute approximate surface area is 274 Å². The molecular weight excluding hydrogens is 608 g/mol. The van der Waals surface area contributed by atoms with E-state index in [1.807, 2.05) is 0 Å². The summed E-state index contributed by atoms with van der Waals surface area (Å²) in [5.41, 5.74) is 0. The summed E-state index contributed by atoms with van der Waals surface area (Å²) in [6, 6.07) is 0. The summed E-state index contributed by atoms with van der Waals surface area (Å²) in [6.45, 7) is 24.2. The van der Waals surface area contributed by atoms with Crippen molar-refractivity contribution >= 4 is 8.32 Å². The first-order chi connectivity index (χ1) is 21.8. The summed E-state index contributed by atoms with van der Waals surface area (Å²) in [5, 5.41) is 0.218. The summed E-state index contributed by atoms with van der Waals surface area (Å²) >= 11 is 0. The van der Waals surface area contributed by atoms with Gasteiger partial charge in [-0.15, -0.1) is 0 Å². The SMILES string of the molecule is COCCOCCOCCOCCOCCOCCOCCOCCOCCOCCOCCOCCO[Si](C)(C)C(C)(C)C. The van der Waals surface area contributed by atoms with E-state index in [0.29, 0.717) is 159 Å². The second kappa shape index (κ2) is 33.6. The van der Waals surface area contributed by atoms with Gasteiger partial charge in [-0.25, -0.2) is 0 Å². The van der Waals surface area contributed by atoms with Gasteiger partial charge in [0, 0.05) is 7.11 Å². The second-order valence-electron chi connectivity index (χ2n) is 11.3. The maximum absolute atomic E-state index is 6.08. The van der Waals surface area contributed by atoms with E-state index in [-0.39, 0.29) is 5.04 Å². The average Bonchev–Trinajstić information content (AvgIpc) is 3.00. The Hall–Kier alpha value is -0.303. The van der Waals surface area contributed by atoms with Crippen molar-refractivity contribution < 1.29 is 61.3 Å². The molecule has 0 spiro atoms. The molecule has 0 unspecified atom stereocenters. The molecule has 0 aromatic carbocycles. The van der Waals surface area contributed by atoms with Crippen LogP contribution in [0.5, 0.6) is 0 Å². The minimum Gasteiger partial charge on any atom is -0.414 e. The highest BCUT2D eigenvalue weighted by Crippen LogP contribution is 2.36. The van der Waals surface area contributed by atoms with Gasteiger partial charge in [0.05, 0.1) is 159 Å². The van der Waals surface area contributed by atoms with Crippen LogP contribution in [0.15, 0.2) is 0 Å². The third-order valence-electron chi connectivity index (χ3n) is 6.65. The van der Waals surface area contributed by atoms with Crippen LogP contribution in [-0.2, 0) is 61.3 Å². The van der Waals surface area contributed by atoms with Gasteiger partial charge < -0.3 is 61.3 Å². The average molecular weight is 675 g/mol. The van der Waals surface area contributed by atoms with Crippen LogP contribution in [0.1, 0.15) is 20.8 Å². The molecule has 45 heavy (non-hydrogen) atoms. The standard InChI is InChI=1S/C31H66O13Si/c1-31(2,3)45(5,6)44-30-29-43-28-27-42-26-25-41-24-23-40-22-21-39-20-19-38-18-17-37-16-15-36-14-13-35-12-11-34-10-9-33-8-7-32-4/h7-30H2,1-6H3. The molecule has 0 fully saturated rings. The van der Waals surface area contributed by atoms with Crippen LogP contribution in [0.25, 0.3) is 0 Å². The van der Waals surface area contributed by atoms with Crippen LogP contribution in [-0.4, -0.2) is 174 Å². The summed E-state index contributed by atoms with van der Waals surface area (Å²) in [5.74, 6) is 0. The van der Waals surface area contributed by atoms with Crippen LogP contribution in [0.4, 0.5) is 0 Å². The fourth-order valence-electron chi connectivity index (χ4n) is 3.02. The van der Waals surface area contributed by atoms with Crippen LogP contribution in [0.3, 0.4) is 0 Å². The molecule has 0 rings (SSSR count). The van der Waals surface area contributed by atoms with Gasteiger partial charge in [0.15, 0.2) is 8.32 Å². The summed E-state index contributed by atoms with van der Waals surface area (Å²) < 4.78 is 71.1. The predicted octanol–water partition coefficient (Wildman–Crippen LogP) is 2.84. The molecule has 0 saturated carbocycles. The van der Waals surface area contributed by atoms with Crippen molar-refractivity contribution in [3.8, 4) is 0 Å². The lowest BCUT2D eigenvalue weighted by molar-refractivity contribution is -0.0282. The molecule has 0 atom stereocenters. The highest BCUT2D eigenvalue weighted by molar-refractivity contribution is 6.74. The molecule has 14 heteroatoms. The molecule has 0 aliphatic rings. The van der Waals surface area contributed by atoms with E-state index in [1.165, 1.54) is 0 Å². The molecule has 0 N–H and O–H groups in total. The number of methoxy groups -OCH3 is 1. The van der Waals surface area contributed by atoms with Gasteiger partial charge in [-0.3, -0.25) is 0 Å². The van der Waals surface area contributed by atoms with E-state index >= 15 is 0 Å². The Balaban J connectivity index is 3.11. The topological polar surface area (TPSA) is 120 Å². The fraction of sp³-hybridized carbons (Fsp3) is 1.00. The predicted molar refractivity (Wildman–Crippen MR) is 174 cm³/mol. The van der Waals surface area contributed by atoms with Crippen LogP contribution >= 0.6 is 0 Å². The molecule has 0 aliphatic heterocycles. The number of ether oxygens (including phenoxy) is 12. The molecular formula is C31H66O13Si. The Bertz CT molecular complexity index is 582. The normalized spacial score (nSPS) is 12.4. The van der Waals surface area contributed by atoms with Crippen LogP contribution in [0.2, 0.25) is 18.1 Å². The smallest absolute Gasteiger partial charge is 0.192 e. The van der Waals surface area contributed by atoms with Gasteiger partial charge in [0.25, 0.3) is 0 Å². The Morgan fingerprint density at radius 3 is 0.667 bits per heavy atom. The molecule has 0 radical (unpaired) electrons. The first-order valence-corrected chi connectivity index (χ1v) is 19.2. The van der Waals surface area contributed by atoms with Crippen molar-refractivity contribution in [3.05, 3.63) is 0 Å². The van der Waals surface area contributed by atoms with E-state index in [4.69, 9.17) is 61.3 Å². The molecule has 0 aromatic rings. The third kappa shape index (κ3) is 33.4. The van der Waals surface area contributed by atoms with Gasteiger partial charge in [0.1, 0.15) is 0 Å². The van der Waals surface area contributed by atoms with Crippen molar-refractivity contribution in [2.75, 3.05) is 166 Å². The van der Waals surface area contributed by atoms with E-state index < -0.39 is 8.32 Å². The lowest BCUT2D eigenvalue weighted by Crippen LogP contribution is -2.41. The molecule has 272 valence electrons. The van der Waals surface area contributed by atoms with Gasteiger partial charge in [-0.05, 0) is 18.1 Å². The van der Waals surface area contributed by atoms with Crippen molar-refractivity contribution in [1.29, 1.82) is 0 Å². The Morgan fingerprint density at radius 2 is 0.489 bits per heavy atom. The third-order valence-corrected chi connectivity index (χ3v) is 11.2. The molecule has 0 saturated heterocycles. The fourth-order valence-corrected chi connectivity index (χ4v) is 4.04. The van der Waals surface area contributed by atoms with Gasteiger partial charge >= 0.3 is 0 Å². The van der Waals surface area contributed by atoms with Crippen molar-refractivity contribution in [1.82, 2.24) is 0 Å². The highest BCUT2D eigenvalue weighted by atomic mass is 28.4. The van der Waals surface area contributed by atoms with Crippen molar-refractivity contribution in [3.63, 3.8) is 0 Å². The number of rotatable bonds is 37. The van der Waals surface area contributed by atoms with Crippen LogP contribution < -0.4 is 0 Å². The molecule has 0 aromatic heterocycles. The zero-order valence-electron chi connectivity index (χ0n) is 29.3. The van der Waals surface area contributed by atoms with E-state index in [0.717, 1.165) is 0 Å². The van der Waals surface area contributed by atoms with Gasteiger partial charge in [-0.1, -0.05) is 20.8 Å². The zero-order valence-corrected chi connectivity index (χ0v) is 30.3. The maximum Gasteiger partial charge on any atom is 0.192 e. The second-order valence-corrected chi connectivity index (χ2v) is 16.1. The summed E-state index contributed by atoms with van der Waals surface area (Å²) in [4.78, 5) is 0. The Kier molecular flexibility index (Phi) is 33.4. The monoisotopic (exact) mass is 674 g/mol. The van der Waals surface area contributed by atoms with E-state index in [1.54, 1.807) is 7.11 Å². The molecule has 0 heterocycles. The zero-order chi connectivity index (χ0) is 33.2. The van der Waals surface area contributed by atoms with Crippen molar-refractivity contribution in [2.24, 2.45) is 0 Å². The van der Waals surface area contributed by atoms with Gasteiger partial charge in [-0.2, -0.15) is 0 Å². The minimum absolute atomic E-state index is 0.218. The molecule has 13 nitrogen and oxygen atoms in total. The van der Waals surface area contributed by atoms with Gasteiger partial charge in [0.2, 0.25) is 0 Å². The first-order valence-electron chi connectivity index (χ1n) is 16.3. The number of hydrogen-bond acceptors (Lipinski definition) is 13.